The standard InChI is InChI=1S/C10H10ClFO2/c1-14-9-4-6(10(13)2-3-10)8(12)5-7(9)11/h4-5,13H,2-3H2,1H3. The van der Waals surface area contributed by atoms with Crippen LogP contribution < -0.4 is 4.74 Å². The average Bonchev–Trinajstić information content (AvgIpc) is 2.85. The Morgan fingerprint density at radius 3 is 2.64 bits per heavy atom. The molecular weight excluding hydrogens is 207 g/mol. The SMILES string of the molecule is COc1cc(C2(O)CC2)c(F)cc1Cl. The van der Waals surface area contributed by atoms with Crippen LogP contribution in [0.3, 0.4) is 0 Å². The summed E-state index contributed by atoms with van der Waals surface area (Å²) in [4.78, 5) is 0. The molecule has 2 rings (SSSR count). The van der Waals surface area contributed by atoms with Crippen LogP contribution in [-0.4, -0.2) is 12.2 Å². The zero-order chi connectivity index (χ0) is 10.3. The third kappa shape index (κ3) is 1.47. The normalized spacial score (nSPS) is 18.0. The second kappa shape index (κ2) is 3.11. The number of methoxy groups -OCH3 is 1. The summed E-state index contributed by atoms with van der Waals surface area (Å²) in [6.45, 7) is 0. The van der Waals surface area contributed by atoms with E-state index in [9.17, 15) is 9.50 Å². The summed E-state index contributed by atoms with van der Waals surface area (Å²) >= 11 is 5.73. The van der Waals surface area contributed by atoms with Crippen LogP contribution >= 0.6 is 11.6 Å². The molecule has 0 aliphatic heterocycles. The van der Waals surface area contributed by atoms with Crippen molar-refractivity contribution in [1.82, 2.24) is 0 Å². The van der Waals surface area contributed by atoms with E-state index in [0.717, 1.165) is 0 Å². The fraction of sp³-hybridized carbons (Fsp3) is 0.400. The molecule has 76 valence electrons. The molecule has 0 radical (unpaired) electrons. The van der Waals surface area contributed by atoms with Gasteiger partial charge in [-0.15, -0.1) is 0 Å². The number of hydrogen-bond donors (Lipinski definition) is 1. The zero-order valence-electron chi connectivity index (χ0n) is 7.68. The van der Waals surface area contributed by atoms with Crippen molar-refractivity contribution in [2.45, 2.75) is 18.4 Å². The van der Waals surface area contributed by atoms with Crippen LogP contribution in [-0.2, 0) is 5.60 Å². The fourth-order valence-electron chi connectivity index (χ4n) is 1.43. The number of ether oxygens (including phenoxy) is 1. The average molecular weight is 217 g/mol. The van der Waals surface area contributed by atoms with Crippen molar-refractivity contribution in [3.05, 3.63) is 28.5 Å². The van der Waals surface area contributed by atoms with Gasteiger partial charge in [0.1, 0.15) is 11.6 Å². The smallest absolute Gasteiger partial charge is 0.138 e. The van der Waals surface area contributed by atoms with Crippen LogP contribution in [0.2, 0.25) is 5.02 Å². The van der Waals surface area contributed by atoms with Crippen LogP contribution in [0.25, 0.3) is 0 Å². The molecule has 0 spiro atoms. The molecule has 1 aliphatic rings. The van der Waals surface area contributed by atoms with Crippen molar-refractivity contribution < 1.29 is 14.2 Å². The van der Waals surface area contributed by atoms with Gasteiger partial charge < -0.3 is 9.84 Å². The van der Waals surface area contributed by atoms with E-state index in [0.29, 0.717) is 18.6 Å². The molecule has 0 saturated heterocycles. The Labute approximate surface area is 86.3 Å². The Kier molecular flexibility index (Phi) is 2.16. The maximum atomic E-state index is 13.4. The van der Waals surface area contributed by atoms with Crippen LogP contribution in [0.15, 0.2) is 12.1 Å². The Hall–Kier alpha value is -0.800. The van der Waals surface area contributed by atoms with Crippen molar-refractivity contribution >= 4 is 11.6 Å². The van der Waals surface area contributed by atoms with Gasteiger partial charge in [-0.05, 0) is 25.0 Å². The molecule has 1 saturated carbocycles. The maximum absolute atomic E-state index is 13.4. The molecule has 0 bridgehead atoms. The first-order valence-electron chi connectivity index (χ1n) is 4.33. The van der Waals surface area contributed by atoms with Gasteiger partial charge in [-0.25, -0.2) is 4.39 Å². The topological polar surface area (TPSA) is 29.5 Å². The summed E-state index contributed by atoms with van der Waals surface area (Å²) in [5, 5.41) is 9.97. The highest BCUT2D eigenvalue weighted by molar-refractivity contribution is 6.32. The van der Waals surface area contributed by atoms with Gasteiger partial charge in [0.25, 0.3) is 0 Å². The first-order valence-corrected chi connectivity index (χ1v) is 4.70. The van der Waals surface area contributed by atoms with E-state index in [-0.39, 0.29) is 10.6 Å². The highest BCUT2D eigenvalue weighted by Gasteiger charge is 2.44. The van der Waals surface area contributed by atoms with E-state index in [1.165, 1.54) is 19.2 Å². The summed E-state index contributed by atoms with van der Waals surface area (Å²) < 4.78 is 18.4. The molecule has 1 fully saturated rings. The fourth-order valence-corrected chi connectivity index (χ4v) is 1.66. The Morgan fingerprint density at radius 2 is 2.14 bits per heavy atom. The van der Waals surface area contributed by atoms with Gasteiger partial charge in [0, 0.05) is 5.56 Å². The van der Waals surface area contributed by atoms with Gasteiger partial charge in [0.2, 0.25) is 0 Å². The Bertz CT molecular complexity index is 375. The second-order valence-corrected chi connectivity index (χ2v) is 3.91. The van der Waals surface area contributed by atoms with Crippen molar-refractivity contribution in [2.75, 3.05) is 7.11 Å². The number of rotatable bonds is 2. The lowest BCUT2D eigenvalue weighted by Gasteiger charge is -2.12. The molecule has 1 aromatic rings. The number of aliphatic hydroxyl groups is 1. The molecule has 0 atom stereocenters. The Morgan fingerprint density at radius 1 is 1.50 bits per heavy atom. The lowest BCUT2D eigenvalue weighted by atomic mass is 10.1. The highest BCUT2D eigenvalue weighted by atomic mass is 35.5. The minimum absolute atomic E-state index is 0.220. The molecule has 0 amide bonds. The van der Waals surface area contributed by atoms with E-state index in [1.807, 2.05) is 0 Å². The summed E-state index contributed by atoms with van der Waals surface area (Å²) in [7, 11) is 1.46. The largest absolute Gasteiger partial charge is 0.495 e. The van der Waals surface area contributed by atoms with Crippen molar-refractivity contribution in [3.63, 3.8) is 0 Å². The summed E-state index contributed by atoms with van der Waals surface area (Å²) in [5.74, 6) is -0.0841. The lowest BCUT2D eigenvalue weighted by Crippen LogP contribution is -2.07. The van der Waals surface area contributed by atoms with Crippen LogP contribution in [0, 0.1) is 5.82 Å². The predicted octanol–water partition coefficient (Wildman–Crippen LogP) is 2.47. The summed E-state index contributed by atoms with van der Waals surface area (Å²) in [5.41, 5.74) is -0.721. The molecule has 4 heteroatoms. The van der Waals surface area contributed by atoms with Crippen LogP contribution in [0.4, 0.5) is 4.39 Å². The Balaban J connectivity index is 2.50. The van der Waals surface area contributed by atoms with Crippen LogP contribution in [0.5, 0.6) is 5.75 Å². The van der Waals surface area contributed by atoms with Gasteiger partial charge in [-0.2, -0.15) is 0 Å². The monoisotopic (exact) mass is 216 g/mol. The van der Waals surface area contributed by atoms with E-state index >= 15 is 0 Å². The van der Waals surface area contributed by atoms with Gasteiger partial charge in [0.05, 0.1) is 17.7 Å². The van der Waals surface area contributed by atoms with Crippen molar-refractivity contribution in [2.24, 2.45) is 0 Å². The first kappa shape index (κ1) is 9.74. The maximum Gasteiger partial charge on any atom is 0.138 e. The predicted molar refractivity (Wildman–Crippen MR) is 51.1 cm³/mol. The van der Waals surface area contributed by atoms with Crippen molar-refractivity contribution in [1.29, 1.82) is 0 Å². The van der Waals surface area contributed by atoms with Gasteiger partial charge in [-0.3, -0.25) is 0 Å². The molecular formula is C10H10ClFO2. The summed E-state index contributed by atoms with van der Waals surface area (Å²) in [6.07, 6.45) is 1.18. The molecule has 1 N–H and O–H groups in total. The molecule has 1 aliphatic carbocycles. The highest BCUT2D eigenvalue weighted by Crippen LogP contribution is 2.47. The van der Waals surface area contributed by atoms with E-state index < -0.39 is 11.4 Å². The minimum Gasteiger partial charge on any atom is -0.495 e. The molecule has 0 aromatic heterocycles. The third-order valence-corrected chi connectivity index (χ3v) is 2.76. The van der Waals surface area contributed by atoms with Gasteiger partial charge >= 0.3 is 0 Å². The summed E-state index contributed by atoms with van der Waals surface area (Å²) in [6, 6.07) is 2.64. The quantitative estimate of drug-likeness (QED) is 0.823. The second-order valence-electron chi connectivity index (χ2n) is 3.50. The van der Waals surface area contributed by atoms with Gasteiger partial charge in [0.15, 0.2) is 0 Å². The molecule has 0 unspecified atom stereocenters. The minimum atomic E-state index is -0.998. The third-order valence-electron chi connectivity index (χ3n) is 2.47. The number of halogens is 2. The molecule has 1 aromatic carbocycles. The number of benzene rings is 1. The lowest BCUT2D eigenvalue weighted by molar-refractivity contribution is 0.146. The molecule has 14 heavy (non-hydrogen) atoms. The molecule has 2 nitrogen and oxygen atoms in total. The first-order chi connectivity index (χ1) is 6.57. The van der Waals surface area contributed by atoms with E-state index in [4.69, 9.17) is 16.3 Å². The van der Waals surface area contributed by atoms with Crippen LogP contribution in [0.1, 0.15) is 18.4 Å². The van der Waals surface area contributed by atoms with E-state index in [2.05, 4.69) is 0 Å². The molecule has 0 heterocycles. The number of hydrogen-bond acceptors (Lipinski definition) is 2. The van der Waals surface area contributed by atoms with Gasteiger partial charge in [-0.1, -0.05) is 11.6 Å². The zero-order valence-corrected chi connectivity index (χ0v) is 8.44. The van der Waals surface area contributed by atoms with E-state index in [1.54, 1.807) is 0 Å². The van der Waals surface area contributed by atoms with Crippen molar-refractivity contribution in [3.8, 4) is 5.75 Å².